The van der Waals surface area contributed by atoms with E-state index in [4.69, 9.17) is 5.73 Å². The molecule has 26 heavy (non-hydrogen) atoms. The van der Waals surface area contributed by atoms with E-state index in [2.05, 4.69) is 10.1 Å². The number of rotatable bonds is 1. The van der Waals surface area contributed by atoms with Gasteiger partial charge in [0.15, 0.2) is 5.69 Å². The number of halogens is 6. The Balaban J connectivity index is 2.42. The Bertz CT molecular complexity index is 980. The van der Waals surface area contributed by atoms with E-state index in [1.54, 1.807) is 32.0 Å². The van der Waals surface area contributed by atoms with Crippen molar-refractivity contribution < 1.29 is 26.3 Å². The van der Waals surface area contributed by atoms with Gasteiger partial charge in [-0.3, -0.25) is 0 Å². The van der Waals surface area contributed by atoms with Crippen molar-refractivity contribution in [2.45, 2.75) is 26.2 Å². The number of aryl methyl sites for hydroxylation is 2. The second-order valence-corrected chi connectivity index (χ2v) is 5.78. The van der Waals surface area contributed by atoms with Gasteiger partial charge in [0.25, 0.3) is 0 Å². The summed E-state index contributed by atoms with van der Waals surface area (Å²) in [5, 5.41) is 3.25. The maximum absolute atomic E-state index is 13.3. The summed E-state index contributed by atoms with van der Waals surface area (Å²) in [4.78, 5) is 2.77. The molecule has 1 aromatic carbocycles. The summed E-state index contributed by atoms with van der Waals surface area (Å²) in [5.74, 6) is -0.425. The highest BCUT2D eigenvalue weighted by molar-refractivity contribution is 5.93. The van der Waals surface area contributed by atoms with Crippen LogP contribution >= 0.6 is 0 Å². The number of benzene rings is 1. The van der Waals surface area contributed by atoms with Crippen LogP contribution in [-0.4, -0.2) is 14.8 Å². The highest BCUT2D eigenvalue weighted by atomic mass is 19.4. The molecule has 2 N–H and O–H groups in total. The minimum atomic E-state index is -5.12. The Morgan fingerprint density at radius 3 is 2.04 bits per heavy atom. The highest BCUT2D eigenvalue weighted by Crippen LogP contribution is 2.40. The average molecular weight is 374 g/mol. The zero-order chi connectivity index (χ0) is 19.4. The Morgan fingerprint density at radius 2 is 1.54 bits per heavy atom. The summed E-state index contributed by atoms with van der Waals surface area (Å²) in [6, 6.07) is 5.58. The van der Waals surface area contributed by atoms with Crippen LogP contribution in [-0.2, 0) is 12.4 Å². The number of anilines is 1. The molecule has 0 aliphatic carbocycles. The third kappa shape index (κ3) is 2.85. The lowest BCUT2D eigenvalue weighted by Gasteiger charge is -2.12. The molecule has 0 spiro atoms. The number of hydrogen-bond acceptors (Lipinski definition) is 3. The third-order valence-electron chi connectivity index (χ3n) is 3.90. The molecule has 0 atom stereocenters. The van der Waals surface area contributed by atoms with E-state index in [0.29, 0.717) is 22.9 Å². The molecule has 0 aliphatic rings. The first-order valence-corrected chi connectivity index (χ1v) is 7.31. The molecule has 2 aromatic heterocycles. The lowest BCUT2D eigenvalue weighted by molar-refractivity contribution is -0.149. The molecule has 2 heterocycles. The van der Waals surface area contributed by atoms with Gasteiger partial charge in [-0.1, -0.05) is 18.2 Å². The van der Waals surface area contributed by atoms with Crippen molar-refractivity contribution in [3.8, 4) is 5.69 Å². The van der Waals surface area contributed by atoms with Gasteiger partial charge in [0.2, 0.25) is 0 Å². The number of pyridine rings is 1. The summed E-state index contributed by atoms with van der Waals surface area (Å²) in [6.07, 6.45) is -10.2. The molecule has 0 aliphatic heterocycles. The smallest absolute Gasteiger partial charge is 0.383 e. The normalized spacial score (nSPS) is 12.8. The van der Waals surface area contributed by atoms with Gasteiger partial charge in [0.05, 0.1) is 16.6 Å². The molecule has 0 saturated heterocycles. The van der Waals surface area contributed by atoms with Gasteiger partial charge >= 0.3 is 12.4 Å². The number of para-hydroxylation sites is 1. The third-order valence-corrected chi connectivity index (χ3v) is 3.90. The zero-order valence-corrected chi connectivity index (χ0v) is 13.5. The molecular formula is C16H12F6N4. The summed E-state index contributed by atoms with van der Waals surface area (Å²) >= 11 is 0. The summed E-state index contributed by atoms with van der Waals surface area (Å²) < 4.78 is 79.8. The van der Waals surface area contributed by atoms with Crippen molar-refractivity contribution >= 4 is 16.7 Å². The molecule has 0 amide bonds. The predicted molar refractivity (Wildman–Crippen MR) is 82.8 cm³/mol. The van der Waals surface area contributed by atoms with Gasteiger partial charge in [-0.05, 0) is 31.0 Å². The van der Waals surface area contributed by atoms with E-state index in [-0.39, 0.29) is 0 Å². The SMILES string of the molecule is Cc1cccc(C)c1-n1nc2cc(C(F)(F)F)nc(C(F)(F)F)c2c1N. The fourth-order valence-corrected chi connectivity index (χ4v) is 2.79. The van der Waals surface area contributed by atoms with Gasteiger partial charge in [0.1, 0.15) is 11.5 Å². The average Bonchev–Trinajstić information content (AvgIpc) is 2.81. The number of alkyl halides is 6. The van der Waals surface area contributed by atoms with Crippen molar-refractivity contribution in [3.63, 3.8) is 0 Å². The van der Waals surface area contributed by atoms with Gasteiger partial charge in [-0.25, -0.2) is 9.67 Å². The van der Waals surface area contributed by atoms with Crippen molar-refractivity contribution in [2.75, 3.05) is 5.73 Å². The topological polar surface area (TPSA) is 56.7 Å². The summed E-state index contributed by atoms with van der Waals surface area (Å²) in [7, 11) is 0. The first-order valence-electron chi connectivity index (χ1n) is 7.31. The number of nitrogens with two attached hydrogens (primary N) is 1. The van der Waals surface area contributed by atoms with Crippen molar-refractivity contribution in [1.82, 2.24) is 14.8 Å². The van der Waals surface area contributed by atoms with E-state index in [0.717, 1.165) is 4.68 Å². The van der Waals surface area contributed by atoms with Crippen LogP contribution in [0.3, 0.4) is 0 Å². The highest BCUT2D eigenvalue weighted by Gasteiger charge is 2.41. The van der Waals surface area contributed by atoms with Crippen LogP contribution in [0.25, 0.3) is 16.6 Å². The van der Waals surface area contributed by atoms with Crippen LogP contribution in [0, 0.1) is 13.8 Å². The van der Waals surface area contributed by atoms with Crippen LogP contribution in [0.4, 0.5) is 32.2 Å². The number of fused-ring (bicyclic) bond motifs is 1. The molecule has 0 fully saturated rings. The largest absolute Gasteiger partial charge is 0.434 e. The maximum atomic E-state index is 13.3. The molecule has 4 nitrogen and oxygen atoms in total. The minimum absolute atomic E-state index is 0.405. The van der Waals surface area contributed by atoms with Crippen molar-refractivity contribution in [1.29, 1.82) is 0 Å². The van der Waals surface area contributed by atoms with Crippen LogP contribution in [0.5, 0.6) is 0 Å². The fourth-order valence-electron chi connectivity index (χ4n) is 2.79. The van der Waals surface area contributed by atoms with Gasteiger partial charge in [0, 0.05) is 0 Å². The second-order valence-electron chi connectivity index (χ2n) is 5.78. The lowest BCUT2D eigenvalue weighted by atomic mass is 10.1. The molecule has 3 aromatic rings. The molecule has 3 rings (SSSR count). The van der Waals surface area contributed by atoms with Gasteiger partial charge in [-0.15, -0.1) is 0 Å². The monoisotopic (exact) mass is 374 g/mol. The Morgan fingerprint density at radius 1 is 0.962 bits per heavy atom. The van der Waals surface area contributed by atoms with Crippen molar-refractivity contribution in [2.24, 2.45) is 0 Å². The minimum Gasteiger partial charge on any atom is -0.383 e. The second kappa shape index (κ2) is 5.61. The number of nitrogen functional groups attached to an aromatic ring is 1. The fraction of sp³-hybridized carbons (Fsp3) is 0.250. The molecular weight excluding hydrogens is 362 g/mol. The molecule has 0 bridgehead atoms. The Kier molecular flexibility index (Phi) is 3.89. The number of hydrogen-bond donors (Lipinski definition) is 1. The van der Waals surface area contributed by atoms with E-state index < -0.39 is 40.5 Å². The Hall–Kier alpha value is -2.78. The lowest BCUT2D eigenvalue weighted by Crippen LogP contribution is -2.15. The maximum Gasteiger partial charge on any atom is 0.434 e. The van der Waals surface area contributed by atoms with Crippen molar-refractivity contribution in [3.05, 3.63) is 46.8 Å². The van der Waals surface area contributed by atoms with Crippen LogP contribution in [0.15, 0.2) is 24.3 Å². The molecule has 0 radical (unpaired) electrons. The predicted octanol–water partition coefficient (Wildman–Crippen LogP) is 4.66. The molecule has 0 unspecified atom stereocenters. The standard InChI is InChI=1S/C16H12F6N4/c1-7-4-3-5-8(2)12(7)26-14(23)11-9(25-26)6-10(15(17,18)19)24-13(11)16(20,21)22/h3-6H,23H2,1-2H3. The summed E-state index contributed by atoms with van der Waals surface area (Å²) in [5.41, 5.74) is 3.64. The van der Waals surface area contributed by atoms with E-state index in [1.165, 1.54) is 0 Å². The first-order chi connectivity index (χ1) is 11.9. The van der Waals surface area contributed by atoms with E-state index in [1.807, 2.05) is 0 Å². The van der Waals surface area contributed by atoms with Crippen LogP contribution < -0.4 is 5.73 Å². The molecule has 138 valence electrons. The molecule has 10 heteroatoms. The number of aromatic nitrogens is 3. The summed E-state index contributed by atoms with van der Waals surface area (Å²) in [6.45, 7) is 3.39. The first kappa shape index (κ1) is 18.0. The quantitative estimate of drug-likeness (QED) is 0.631. The van der Waals surface area contributed by atoms with Crippen LogP contribution in [0.2, 0.25) is 0 Å². The van der Waals surface area contributed by atoms with Crippen LogP contribution in [0.1, 0.15) is 22.5 Å². The van der Waals surface area contributed by atoms with Gasteiger partial charge < -0.3 is 5.73 Å². The van der Waals surface area contributed by atoms with E-state index in [9.17, 15) is 26.3 Å². The zero-order valence-electron chi connectivity index (χ0n) is 13.5. The number of nitrogens with zero attached hydrogens (tertiary/aromatic N) is 3. The molecule has 0 saturated carbocycles. The van der Waals surface area contributed by atoms with Gasteiger partial charge in [-0.2, -0.15) is 31.4 Å². The van der Waals surface area contributed by atoms with E-state index >= 15 is 0 Å². The Labute approximate surface area is 143 Å².